The summed E-state index contributed by atoms with van der Waals surface area (Å²) in [4.78, 5) is 4.48. The number of ether oxygens (including phenoxy) is 1. The number of anilines is 1. The highest BCUT2D eigenvalue weighted by molar-refractivity contribution is 5.44. The molecule has 0 spiro atoms. The summed E-state index contributed by atoms with van der Waals surface area (Å²) in [6, 6.07) is 5.99. The summed E-state index contributed by atoms with van der Waals surface area (Å²) < 4.78 is 7.97. The van der Waals surface area contributed by atoms with Gasteiger partial charge in [0.15, 0.2) is 0 Å². The zero-order valence-electron chi connectivity index (χ0n) is 13.8. The molecule has 2 aliphatic rings. The molecule has 2 aromatic rings. The Morgan fingerprint density at radius 3 is 3.00 bits per heavy atom. The molecule has 0 unspecified atom stereocenters. The van der Waals surface area contributed by atoms with E-state index in [1.807, 2.05) is 29.9 Å². The van der Waals surface area contributed by atoms with E-state index in [1.165, 1.54) is 12.8 Å². The molecule has 2 aromatic heterocycles. The molecule has 6 heteroatoms. The lowest BCUT2D eigenvalue weighted by Gasteiger charge is -2.19. The quantitative estimate of drug-likeness (QED) is 0.915. The number of aromatic nitrogens is 3. The number of nitriles is 1. The van der Waals surface area contributed by atoms with E-state index in [9.17, 15) is 0 Å². The van der Waals surface area contributed by atoms with Gasteiger partial charge in [-0.05, 0) is 44.2 Å². The molecule has 2 atom stereocenters. The van der Waals surface area contributed by atoms with Crippen molar-refractivity contribution in [1.29, 1.82) is 5.26 Å². The fraction of sp³-hybridized carbons (Fsp3) is 0.500. The van der Waals surface area contributed by atoms with Gasteiger partial charge in [-0.25, -0.2) is 4.98 Å². The molecule has 1 saturated carbocycles. The minimum absolute atomic E-state index is 0.00398. The van der Waals surface area contributed by atoms with E-state index in [4.69, 9.17) is 10.00 Å². The van der Waals surface area contributed by atoms with Crippen LogP contribution in [0.15, 0.2) is 24.5 Å². The third-order valence-electron chi connectivity index (χ3n) is 4.76. The fourth-order valence-electron chi connectivity index (χ4n) is 3.21. The zero-order chi connectivity index (χ0) is 16.5. The molecule has 1 N–H and O–H groups in total. The molecule has 6 nitrogen and oxygen atoms in total. The first-order valence-corrected chi connectivity index (χ1v) is 8.51. The standard InChI is InChI=1S/C18H21N5O/c1-12-14(8-19)4-5-17(21-12)22-16-6-7-24-18(16)15-9-20-23(11-15)10-13-2-3-13/h4-5,9,11,13,16,18H,2-3,6-7,10H2,1H3,(H,21,22)/t16-,18+/m0/s1. The Hall–Kier alpha value is -2.39. The van der Waals surface area contributed by atoms with Crippen molar-refractivity contribution in [3.8, 4) is 6.07 Å². The third kappa shape index (κ3) is 3.13. The van der Waals surface area contributed by atoms with Gasteiger partial charge in [-0.15, -0.1) is 0 Å². The number of hydrogen-bond acceptors (Lipinski definition) is 5. The first-order chi connectivity index (χ1) is 11.7. The summed E-state index contributed by atoms with van der Waals surface area (Å²) in [5, 5.41) is 17.0. The second kappa shape index (κ2) is 6.25. The van der Waals surface area contributed by atoms with Crippen LogP contribution in [0.5, 0.6) is 0 Å². The maximum Gasteiger partial charge on any atom is 0.126 e. The van der Waals surface area contributed by atoms with Crippen LogP contribution in [0, 0.1) is 24.2 Å². The molecule has 1 aliphatic heterocycles. The van der Waals surface area contributed by atoms with Crippen LogP contribution < -0.4 is 5.32 Å². The number of aryl methyl sites for hydroxylation is 1. The lowest BCUT2D eigenvalue weighted by atomic mass is 10.1. The van der Waals surface area contributed by atoms with Crippen LogP contribution in [-0.4, -0.2) is 27.4 Å². The van der Waals surface area contributed by atoms with E-state index in [0.29, 0.717) is 5.56 Å². The topological polar surface area (TPSA) is 75.8 Å². The van der Waals surface area contributed by atoms with Gasteiger partial charge >= 0.3 is 0 Å². The molecule has 124 valence electrons. The normalized spacial score (nSPS) is 23.2. The lowest BCUT2D eigenvalue weighted by Crippen LogP contribution is -2.23. The van der Waals surface area contributed by atoms with Gasteiger partial charge in [-0.2, -0.15) is 10.4 Å². The van der Waals surface area contributed by atoms with Crippen LogP contribution in [-0.2, 0) is 11.3 Å². The van der Waals surface area contributed by atoms with Crippen LogP contribution in [0.4, 0.5) is 5.82 Å². The van der Waals surface area contributed by atoms with Crippen molar-refractivity contribution in [3.63, 3.8) is 0 Å². The first kappa shape index (κ1) is 15.2. The van der Waals surface area contributed by atoms with Crippen molar-refractivity contribution in [2.24, 2.45) is 5.92 Å². The van der Waals surface area contributed by atoms with Crippen LogP contribution in [0.1, 0.15) is 42.2 Å². The van der Waals surface area contributed by atoms with Gasteiger partial charge in [-0.1, -0.05) is 0 Å². The summed E-state index contributed by atoms with van der Waals surface area (Å²) in [7, 11) is 0. The number of rotatable bonds is 5. The maximum atomic E-state index is 9.01. The number of nitrogens with zero attached hydrogens (tertiary/aromatic N) is 4. The Bertz CT molecular complexity index is 774. The highest BCUT2D eigenvalue weighted by Gasteiger charge is 2.31. The average Bonchev–Trinajstić information content (AvgIpc) is 3.06. The van der Waals surface area contributed by atoms with E-state index in [0.717, 1.165) is 42.6 Å². The van der Waals surface area contributed by atoms with E-state index in [2.05, 4.69) is 27.7 Å². The molecule has 0 radical (unpaired) electrons. The highest BCUT2D eigenvalue weighted by atomic mass is 16.5. The van der Waals surface area contributed by atoms with E-state index in [-0.39, 0.29) is 12.1 Å². The molecule has 2 fully saturated rings. The summed E-state index contributed by atoms with van der Waals surface area (Å²) in [5.74, 6) is 1.60. The van der Waals surface area contributed by atoms with Crippen LogP contribution in [0.2, 0.25) is 0 Å². The zero-order valence-corrected chi connectivity index (χ0v) is 13.8. The molecule has 24 heavy (non-hydrogen) atoms. The van der Waals surface area contributed by atoms with Crippen molar-refractivity contribution in [3.05, 3.63) is 41.3 Å². The summed E-state index contributed by atoms with van der Waals surface area (Å²) in [6.07, 6.45) is 7.60. The Morgan fingerprint density at radius 2 is 2.25 bits per heavy atom. The number of hydrogen-bond donors (Lipinski definition) is 1. The van der Waals surface area contributed by atoms with Crippen molar-refractivity contribution in [2.75, 3.05) is 11.9 Å². The van der Waals surface area contributed by atoms with Gasteiger partial charge in [0.1, 0.15) is 18.0 Å². The van der Waals surface area contributed by atoms with Crippen LogP contribution in [0.3, 0.4) is 0 Å². The molecular weight excluding hydrogens is 302 g/mol. The van der Waals surface area contributed by atoms with Crippen molar-refractivity contribution in [1.82, 2.24) is 14.8 Å². The average molecular weight is 323 g/mol. The Balaban J connectivity index is 1.47. The lowest BCUT2D eigenvalue weighted by molar-refractivity contribution is 0.107. The Morgan fingerprint density at radius 1 is 1.38 bits per heavy atom. The Labute approximate surface area is 141 Å². The predicted molar refractivity (Wildman–Crippen MR) is 89.4 cm³/mol. The summed E-state index contributed by atoms with van der Waals surface area (Å²) in [6.45, 7) is 3.60. The van der Waals surface area contributed by atoms with Gasteiger partial charge in [0.25, 0.3) is 0 Å². The van der Waals surface area contributed by atoms with E-state index < -0.39 is 0 Å². The van der Waals surface area contributed by atoms with Crippen LogP contribution in [0.25, 0.3) is 0 Å². The smallest absolute Gasteiger partial charge is 0.126 e. The number of pyridine rings is 1. The van der Waals surface area contributed by atoms with Gasteiger partial charge in [0.2, 0.25) is 0 Å². The van der Waals surface area contributed by atoms with Gasteiger partial charge < -0.3 is 10.1 Å². The Kier molecular flexibility index (Phi) is 3.95. The molecule has 0 bridgehead atoms. The molecule has 3 heterocycles. The van der Waals surface area contributed by atoms with Crippen LogP contribution >= 0.6 is 0 Å². The number of nitrogens with one attached hydrogen (secondary N) is 1. The van der Waals surface area contributed by atoms with E-state index >= 15 is 0 Å². The minimum Gasteiger partial charge on any atom is -0.371 e. The third-order valence-corrected chi connectivity index (χ3v) is 4.76. The van der Waals surface area contributed by atoms with E-state index in [1.54, 1.807) is 0 Å². The SMILES string of the molecule is Cc1nc(N[C@H]2CCO[C@@H]2c2cnn(CC3CC3)c2)ccc1C#N. The van der Waals surface area contributed by atoms with Gasteiger partial charge in [0, 0.05) is 24.9 Å². The molecule has 1 aliphatic carbocycles. The van der Waals surface area contributed by atoms with Crippen molar-refractivity contribution >= 4 is 5.82 Å². The summed E-state index contributed by atoms with van der Waals surface area (Å²) in [5.41, 5.74) is 2.48. The molecule has 0 aromatic carbocycles. The predicted octanol–water partition coefficient (Wildman–Crippen LogP) is 2.81. The maximum absolute atomic E-state index is 9.01. The minimum atomic E-state index is -0.00398. The molecule has 1 saturated heterocycles. The van der Waals surface area contributed by atoms with Gasteiger partial charge in [-0.3, -0.25) is 4.68 Å². The van der Waals surface area contributed by atoms with Gasteiger partial charge in [0.05, 0.1) is 23.5 Å². The molecular formula is C18H21N5O. The fourth-order valence-corrected chi connectivity index (χ4v) is 3.21. The second-order valence-electron chi connectivity index (χ2n) is 6.71. The largest absolute Gasteiger partial charge is 0.371 e. The molecule has 4 rings (SSSR count). The second-order valence-corrected chi connectivity index (χ2v) is 6.71. The monoisotopic (exact) mass is 323 g/mol. The molecule has 0 amide bonds. The first-order valence-electron chi connectivity index (χ1n) is 8.51. The highest BCUT2D eigenvalue weighted by Crippen LogP contribution is 2.33. The summed E-state index contributed by atoms with van der Waals surface area (Å²) >= 11 is 0. The van der Waals surface area contributed by atoms with Crippen molar-refractivity contribution < 1.29 is 4.74 Å². The van der Waals surface area contributed by atoms with Crippen molar-refractivity contribution in [2.45, 2.75) is 44.9 Å².